The van der Waals surface area contributed by atoms with Crippen LogP contribution in [-0.2, 0) is 0 Å². The monoisotopic (exact) mass is 341 g/mol. The van der Waals surface area contributed by atoms with E-state index in [-0.39, 0.29) is 19.1 Å². The van der Waals surface area contributed by atoms with Gasteiger partial charge in [-0.2, -0.15) is 5.10 Å². The normalized spacial score (nSPS) is 10.6. The Labute approximate surface area is 144 Å². The van der Waals surface area contributed by atoms with E-state index in [1.807, 2.05) is 42.5 Å². The molecule has 0 fully saturated rings. The topological polar surface area (TPSA) is 67.2 Å². The quantitative estimate of drug-likeness (QED) is 0.749. The summed E-state index contributed by atoms with van der Waals surface area (Å²) in [7, 11) is 0. The van der Waals surface area contributed by atoms with E-state index >= 15 is 0 Å². The van der Waals surface area contributed by atoms with Gasteiger partial charge in [-0.25, -0.2) is 4.68 Å². The number of nitrogens with one attached hydrogen (secondary N) is 1. The van der Waals surface area contributed by atoms with Gasteiger partial charge in [-0.3, -0.25) is 4.79 Å². The van der Waals surface area contributed by atoms with E-state index in [1.54, 1.807) is 23.0 Å². The lowest BCUT2D eigenvalue weighted by Crippen LogP contribution is -2.26. The molecule has 6 heteroatoms. The van der Waals surface area contributed by atoms with Crippen molar-refractivity contribution in [2.24, 2.45) is 0 Å². The maximum atomic E-state index is 12.4. The number of carbonyl (C=O) groups excluding carboxylic acids is 1. The molecule has 2 aromatic carbocycles. The minimum Gasteiger partial charge on any atom is -0.395 e. The number of halogens is 1. The highest BCUT2D eigenvalue weighted by Gasteiger charge is 2.18. The number of hydrogen-bond acceptors (Lipinski definition) is 3. The summed E-state index contributed by atoms with van der Waals surface area (Å²) in [4.78, 5) is 12.4. The van der Waals surface area contributed by atoms with Crippen molar-refractivity contribution in [3.05, 3.63) is 71.4 Å². The van der Waals surface area contributed by atoms with E-state index < -0.39 is 0 Å². The Bertz CT molecular complexity index is 829. The minimum atomic E-state index is -0.281. The smallest absolute Gasteiger partial charge is 0.255 e. The summed E-state index contributed by atoms with van der Waals surface area (Å²) < 4.78 is 1.66. The second-order valence-corrected chi connectivity index (χ2v) is 5.59. The molecule has 2 N–H and O–H groups in total. The van der Waals surface area contributed by atoms with Gasteiger partial charge < -0.3 is 10.4 Å². The van der Waals surface area contributed by atoms with E-state index in [0.29, 0.717) is 16.3 Å². The van der Waals surface area contributed by atoms with Crippen LogP contribution in [-0.4, -0.2) is 33.9 Å². The lowest BCUT2D eigenvalue weighted by Gasteiger charge is -2.03. The van der Waals surface area contributed by atoms with Crippen LogP contribution in [0, 0.1) is 0 Å². The number of para-hydroxylation sites is 1. The van der Waals surface area contributed by atoms with Crippen molar-refractivity contribution in [2.75, 3.05) is 13.2 Å². The molecule has 24 heavy (non-hydrogen) atoms. The molecule has 0 radical (unpaired) electrons. The summed E-state index contributed by atoms with van der Waals surface area (Å²) in [6, 6.07) is 16.7. The van der Waals surface area contributed by atoms with Gasteiger partial charge in [-0.05, 0) is 24.3 Å². The molecule has 0 unspecified atom stereocenters. The Morgan fingerprint density at radius 3 is 2.50 bits per heavy atom. The molecule has 1 heterocycles. The van der Waals surface area contributed by atoms with E-state index in [9.17, 15) is 4.79 Å². The summed E-state index contributed by atoms with van der Waals surface area (Å²) in [5, 5.41) is 16.8. The number of nitrogens with zero attached hydrogens (tertiary/aromatic N) is 2. The number of benzene rings is 2. The largest absolute Gasteiger partial charge is 0.395 e. The molecule has 1 aromatic heterocycles. The highest BCUT2D eigenvalue weighted by molar-refractivity contribution is 6.30. The SMILES string of the molecule is O=C(NCCO)c1cn(-c2ccccc2)nc1-c1ccc(Cl)cc1. The number of rotatable bonds is 5. The Morgan fingerprint density at radius 2 is 1.83 bits per heavy atom. The van der Waals surface area contributed by atoms with E-state index in [1.165, 1.54) is 0 Å². The lowest BCUT2D eigenvalue weighted by molar-refractivity contribution is 0.0945. The summed E-state index contributed by atoms with van der Waals surface area (Å²) >= 11 is 5.94. The fourth-order valence-electron chi connectivity index (χ4n) is 2.34. The maximum Gasteiger partial charge on any atom is 0.255 e. The number of aliphatic hydroxyl groups is 1. The lowest BCUT2D eigenvalue weighted by atomic mass is 10.1. The van der Waals surface area contributed by atoms with Gasteiger partial charge in [0.25, 0.3) is 5.91 Å². The van der Waals surface area contributed by atoms with E-state index in [4.69, 9.17) is 16.7 Å². The van der Waals surface area contributed by atoms with Crippen LogP contribution in [0.1, 0.15) is 10.4 Å². The fraction of sp³-hybridized carbons (Fsp3) is 0.111. The van der Waals surface area contributed by atoms with Crippen LogP contribution in [0.3, 0.4) is 0 Å². The summed E-state index contributed by atoms with van der Waals surface area (Å²) in [5.41, 5.74) is 2.65. The van der Waals surface area contributed by atoms with Crippen LogP contribution < -0.4 is 5.32 Å². The molecule has 0 spiro atoms. The van der Waals surface area contributed by atoms with Crippen molar-refractivity contribution < 1.29 is 9.90 Å². The van der Waals surface area contributed by atoms with Gasteiger partial charge in [-0.15, -0.1) is 0 Å². The molecule has 0 atom stereocenters. The third-order valence-electron chi connectivity index (χ3n) is 3.49. The third kappa shape index (κ3) is 3.48. The molecule has 3 aromatic rings. The molecule has 0 saturated heterocycles. The van der Waals surface area contributed by atoms with Gasteiger partial charge in [-0.1, -0.05) is 41.9 Å². The fourth-order valence-corrected chi connectivity index (χ4v) is 2.46. The predicted octanol–water partition coefficient (Wildman–Crippen LogP) is 2.91. The molecule has 0 bridgehead atoms. The molecular formula is C18H16ClN3O2. The second kappa shape index (κ2) is 7.29. The van der Waals surface area contributed by atoms with Gasteiger partial charge >= 0.3 is 0 Å². The molecule has 3 rings (SSSR count). The molecule has 0 saturated carbocycles. The molecular weight excluding hydrogens is 326 g/mol. The Balaban J connectivity index is 2.06. The molecule has 0 aliphatic carbocycles. The molecule has 0 aliphatic rings. The van der Waals surface area contributed by atoms with Crippen LogP contribution in [0.5, 0.6) is 0 Å². The van der Waals surface area contributed by atoms with Gasteiger partial charge in [0.15, 0.2) is 0 Å². The first-order valence-electron chi connectivity index (χ1n) is 7.49. The zero-order valence-electron chi connectivity index (χ0n) is 12.8. The number of amides is 1. The van der Waals surface area contributed by atoms with Crippen molar-refractivity contribution in [3.8, 4) is 16.9 Å². The van der Waals surface area contributed by atoms with E-state index in [2.05, 4.69) is 10.4 Å². The maximum absolute atomic E-state index is 12.4. The first-order valence-corrected chi connectivity index (χ1v) is 7.87. The number of hydrogen-bond donors (Lipinski definition) is 2. The summed E-state index contributed by atoms with van der Waals surface area (Å²) in [6.07, 6.45) is 1.69. The van der Waals surface area contributed by atoms with Crippen LogP contribution in [0.15, 0.2) is 60.8 Å². The van der Waals surface area contributed by atoms with Crippen LogP contribution in [0.4, 0.5) is 0 Å². The van der Waals surface area contributed by atoms with Crippen LogP contribution >= 0.6 is 11.6 Å². The van der Waals surface area contributed by atoms with Gasteiger partial charge in [0, 0.05) is 23.3 Å². The van der Waals surface area contributed by atoms with Gasteiger partial charge in [0.1, 0.15) is 5.69 Å². The highest BCUT2D eigenvalue weighted by Crippen LogP contribution is 2.25. The molecule has 5 nitrogen and oxygen atoms in total. The average Bonchev–Trinajstić information content (AvgIpc) is 3.06. The Morgan fingerprint density at radius 1 is 1.12 bits per heavy atom. The first-order chi connectivity index (χ1) is 11.7. The molecule has 1 amide bonds. The van der Waals surface area contributed by atoms with Crippen molar-refractivity contribution in [1.82, 2.24) is 15.1 Å². The first kappa shape index (κ1) is 16.2. The standard InChI is InChI=1S/C18H16ClN3O2/c19-14-8-6-13(7-9-14)17-16(18(24)20-10-11-23)12-22(21-17)15-4-2-1-3-5-15/h1-9,12,23H,10-11H2,(H,20,24). The summed E-state index contributed by atoms with van der Waals surface area (Å²) in [6.45, 7) is 0.0737. The zero-order chi connectivity index (χ0) is 16.9. The predicted molar refractivity (Wildman–Crippen MR) is 93.4 cm³/mol. The average molecular weight is 342 g/mol. The van der Waals surface area contributed by atoms with Crippen molar-refractivity contribution >= 4 is 17.5 Å². The Hall–Kier alpha value is -2.63. The van der Waals surface area contributed by atoms with Crippen LogP contribution in [0.25, 0.3) is 16.9 Å². The number of aliphatic hydroxyl groups excluding tert-OH is 1. The number of carbonyl (C=O) groups is 1. The highest BCUT2D eigenvalue weighted by atomic mass is 35.5. The van der Waals surface area contributed by atoms with Crippen molar-refractivity contribution in [3.63, 3.8) is 0 Å². The van der Waals surface area contributed by atoms with E-state index in [0.717, 1.165) is 11.3 Å². The van der Waals surface area contributed by atoms with Gasteiger partial charge in [0.2, 0.25) is 0 Å². The van der Waals surface area contributed by atoms with Crippen molar-refractivity contribution in [1.29, 1.82) is 0 Å². The zero-order valence-corrected chi connectivity index (χ0v) is 13.6. The molecule has 0 aliphatic heterocycles. The number of aromatic nitrogens is 2. The Kier molecular flexibility index (Phi) is 4.93. The third-order valence-corrected chi connectivity index (χ3v) is 3.75. The van der Waals surface area contributed by atoms with Crippen LogP contribution in [0.2, 0.25) is 5.02 Å². The van der Waals surface area contributed by atoms with Gasteiger partial charge in [0.05, 0.1) is 17.9 Å². The van der Waals surface area contributed by atoms with Crippen molar-refractivity contribution in [2.45, 2.75) is 0 Å². The molecule has 122 valence electrons. The minimum absolute atomic E-state index is 0.116. The summed E-state index contributed by atoms with van der Waals surface area (Å²) in [5.74, 6) is -0.281. The second-order valence-electron chi connectivity index (χ2n) is 5.16.